The molecule has 2 atom stereocenters. The zero-order chi connectivity index (χ0) is 36.9. The van der Waals surface area contributed by atoms with Crippen molar-refractivity contribution in [2.75, 3.05) is 13.2 Å². The van der Waals surface area contributed by atoms with Crippen LogP contribution in [0.1, 0.15) is 162 Å². The second-order valence-corrected chi connectivity index (χ2v) is 13.0. The minimum absolute atomic E-state index is 0.0901. The molecule has 0 saturated carbocycles. The first-order valence-electron chi connectivity index (χ1n) is 19.5. The summed E-state index contributed by atoms with van der Waals surface area (Å²) >= 11 is 0. The van der Waals surface area contributed by atoms with Crippen molar-refractivity contribution in [2.24, 2.45) is 0 Å². The van der Waals surface area contributed by atoms with Gasteiger partial charge in [-0.2, -0.15) is 0 Å². The van der Waals surface area contributed by atoms with Gasteiger partial charge in [-0.15, -0.1) is 0 Å². The van der Waals surface area contributed by atoms with Crippen LogP contribution in [0.4, 0.5) is 0 Å². The number of carboxylic acid groups (broad SMARTS) is 1. The van der Waals surface area contributed by atoms with Gasteiger partial charge in [0, 0.05) is 12.8 Å². The molecule has 50 heavy (non-hydrogen) atoms. The zero-order valence-corrected chi connectivity index (χ0v) is 31.4. The summed E-state index contributed by atoms with van der Waals surface area (Å²) in [5.41, 5.74) is 0. The quantitative estimate of drug-likeness (QED) is 0.0298. The van der Waals surface area contributed by atoms with E-state index >= 15 is 0 Å². The van der Waals surface area contributed by atoms with Crippen molar-refractivity contribution in [3.63, 3.8) is 0 Å². The molecule has 0 aliphatic carbocycles. The van der Waals surface area contributed by atoms with E-state index in [0.29, 0.717) is 12.8 Å². The van der Waals surface area contributed by atoms with Crippen molar-refractivity contribution in [3.8, 4) is 0 Å². The first-order chi connectivity index (χ1) is 24.3. The van der Waals surface area contributed by atoms with Crippen LogP contribution in [0.2, 0.25) is 0 Å². The molecule has 9 heteroatoms. The number of amides is 2. The van der Waals surface area contributed by atoms with Gasteiger partial charge in [0.2, 0.25) is 11.8 Å². The number of aliphatic carboxylic acids is 1. The predicted molar refractivity (Wildman–Crippen MR) is 204 cm³/mol. The average molecular weight is 703 g/mol. The molecule has 0 radical (unpaired) electrons. The molecule has 4 N–H and O–H groups in total. The van der Waals surface area contributed by atoms with Gasteiger partial charge in [0.15, 0.2) is 0 Å². The second kappa shape index (κ2) is 35.6. The van der Waals surface area contributed by atoms with E-state index in [9.17, 15) is 19.2 Å². The summed E-state index contributed by atoms with van der Waals surface area (Å²) in [6, 6.07) is -1.39. The molecule has 0 bridgehead atoms. The Balaban J connectivity index is 3.72. The Bertz CT molecular complexity index is 989. The lowest BCUT2D eigenvalue weighted by atomic mass is 10.0. The van der Waals surface area contributed by atoms with Gasteiger partial charge >= 0.3 is 11.9 Å². The Kier molecular flexibility index (Phi) is 33.3. The maximum absolute atomic E-state index is 12.4. The Morgan fingerprint density at radius 3 is 1.70 bits per heavy atom. The number of carboxylic acids is 1. The monoisotopic (exact) mass is 703 g/mol. The molecule has 0 fully saturated rings. The van der Waals surface area contributed by atoms with Gasteiger partial charge in [-0.05, 0) is 70.6 Å². The number of carbonyl (C=O) groups excluding carboxylic acids is 3. The van der Waals surface area contributed by atoms with Crippen molar-refractivity contribution < 1.29 is 34.1 Å². The molecule has 0 aromatic rings. The topological polar surface area (TPSA) is 142 Å². The van der Waals surface area contributed by atoms with Crippen LogP contribution >= 0.6 is 0 Å². The first-order valence-corrected chi connectivity index (χ1v) is 19.5. The van der Waals surface area contributed by atoms with Crippen LogP contribution in [0.15, 0.2) is 48.6 Å². The molecule has 0 rings (SSSR count). The minimum atomic E-state index is -1.39. The Hall–Kier alpha value is -3.20. The van der Waals surface area contributed by atoms with Gasteiger partial charge in [-0.25, -0.2) is 4.79 Å². The summed E-state index contributed by atoms with van der Waals surface area (Å²) in [6.45, 7) is 3.17. The van der Waals surface area contributed by atoms with Gasteiger partial charge in [0.1, 0.15) is 12.1 Å². The van der Waals surface area contributed by atoms with E-state index in [1.165, 1.54) is 57.8 Å². The summed E-state index contributed by atoms with van der Waals surface area (Å²) in [7, 11) is 0. The van der Waals surface area contributed by atoms with Crippen LogP contribution in [0.25, 0.3) is 0 Å². The van der Waals surface area contributed by atoms with E-state index in [-0.39, 0.29) is 30.9 Å². The van der Waals surface area contributed by atoms with E-state index in [2.05, 4.69) is 73.1 Å². The lowest BCUT2D eigenvalue weighted by Crippen LogP contribution is -2.47. The summed E-state index contributed by atoms with van der Waals surface area (Å²) in [5.74, 6) is -2.42. The van der Waals surface area contributed by atoms with Crippen LogP contribution in [0.3, 0.4) is 0 Å². The third-order valence-corrected chi connectivity index (χ3v) is 8.32. The highest BCUT2D eigenvalue weighted by Gasteiger charge is 2.19. The van der Waals surface area contributed by atoms with E-state index in [0.717, 1.165) is 70.6 Å². The molecule has 9 nitrogen and oxygen atoms in total. The van der Waals surface area contributed by atoms with Crippen LogP contribution in [0.5, 0.6) is 0 Å². The fourth-order valence-corrected chi connectivity index (χ4v) is 5.40. The molecule has 0 heterocycles. The summed E-state index contributed by atoms with van der Waals surface area (Å²) in [5, 5.41) is 22.4. The van der Waals surface area contributed by atoms with Crippen LogP contribution < -0.4 is 10.6 Å². The molecular formula is C41H70N2O7. The average Bonchev–Trinajstić information content (AvgIpc) is 3.09. The zero-order valence-electron chi connectivity index (χ0n) is 31.4. The highest BCUT2D eigenvalue weighted by Crippen LogP contribution is 2.16. The van der Waals surface area contributed by atoms with Gasteiger partial charge in [-0.3, -0.25) is 14.4 Å². The smallest absolute Gasteiger partial charge is 0.328 e. The second-order valence-electron chi connectivity index (χ2n) is 13.0. The number of unbranched alkanes of at least 4 members (excludes halogenated alkanes) is 12. The fourth-order valence-electron chi connectivity index (χ4n) is 5.40. The van der Waals surface area contributed by atoms with Crippen molar-refractivity contribution in [3.05, 3.63) is 48.6 Å². The van der Waals surface area contributed by atoms with E-state index in [1.54, 1.807) is 0 Å². The van der Waals surface area contributed by atoms with E-state index in [1.807, 2.05) is 0 Å². The number of aliphatic hydroxyl groups is 1. The number of ether oxygens (including phenoxy) is 1. The molecule has 0 aliphatic rings. The van der Waals surface area contributed by atoms with Crippen LogP contribution in [-0.4, -0.2) is 59.3 Å². The van der Waals surface area contributed by atoms with Gasteiger partial charge in [0.05, 0.1) is 13.2 Å². The molecule has 0 aromatic heterocycles. The standard InChI is InChI=1S/C41H70N2O7/c1-3-5-6-7-8-9-10-11-12-13-14-15-16-17-18-19-20-21-22-23-24-25-29-33-40(47)50-36(30-4-2)31-27-26-28-32-38(45)42-34-39(46)43-37(35-44)41(48)49/h5-6,8-9,11-12,14-15,36-37,44H,3-4,7,10,13,16-35H2,1-2H3,(H,42,45)(H,43,46)(H,48,49)/b6-5-,9-8-,12-11-,15-14-. The fraction of sp³-hybridized carbons (Fsp3) is 0.707. The van der Waals surface area contributed by atoms with Crippen LogP contribution in [-0.2, 0) is 23.9 Å². The van der Waals surface area contributed by atoms with Crippen molar-refractivity contribution in [1.29, 1.82) is 0 Å². The Morgan fingerprint density at radius 1 is 0.620 bits per heavy atom. The molecule has 2 amide bonds. The number of hydrogen-bond donors (Lipinski definition) is 4. The Labute approximate surface area is 303 Å². The number of aliphatic hydroxyl groups excluding tert-OH is 1. The number of esters is 1. The largest absolute Gasteiger partial charge is 0.480 e. The number of carbonyl (C=O) groups is 4. The van der Waals surface area contributed by atoms with Crippen molar-refractivity contribution in [2.45, 2.75) is 174 Å². The van der Waals surface area contributed by atoms with Crippen molar-refractivity contribution >= 4 is 23.8 Å². The molecule has 0 aliphatic heterocycles. The van der Waals surface area contributed by atoms with Crippen LogP contribution in [0, 0.1) is 0 Å². The molecule has 0 aromatic carbocycles. The molecular weight excluding hydrogens is 632 g/mol. The predicted octanol–water partition coefficient (Wildman–Crippen LogP) is 8.81. The van der Waals surface area contributed by atoms with Gasteiger partial charge in [0.25, 0.3) is 0 Å². The lowest BCUT2D eigenvalue weighted by Gasteiger charge is -2.17. The highest BCUT2D eigenvalue weighted by molar-refractivity contribution is 5.87. The number of allylic oxidation sites excluding steroid dienone is 8. The lowest BCUT2D eigenvalue weighted by molar-refractivity contribution is -0.150. The maximum atomic E-state index is 12.4. The van der Waals surface area contributed by atoms with Gasteiger partial charge < -0.3 is 25.6 Å². The third kappa shape index (κ3) is 32.0. The number of nitrogens with one attached hydrogen (secondary N) is 2. The summed E-state index contributed by atoms with van der Waals surface area (Å²) in [6.07, 6.45) is 40.9. The SMILES string of the molecule is CC/C=C\C/C=C\C/C=C\C/C=C\CCCCCCCCCCCCC(=O)OC(CCC)CCCCCC(=O)NCC(=O)NC(CO)C(=O)O. The molecule has 286 valence electrons. The minimum Gasteiger partial charge on any atom is -0.480 e. The third-order valence-electron chi connectivity index (χ3n) is 8.32. The number of rotatable bonds is 34. The summed E-state index contributed by atoms with van der Waals surface area (Å²) in [4.78, 5) is 46.9. The van der Waals surface area contributed by atoms with E-state index in [4.69, 9.17) is 14.9 Å². The highest BCUT2D eigenvalue weighted by atomic mass is 16.5. The van der Waals surface area contributed by atoms with E-state index < -0.39 is 24.5 Å². The summed E-state index contributed by atoms with van der Waals surface area (Å²) < 4.78 is 5.76. The maximum Gasteiger partial charge on any atom is 0.328 e. The molecule has 0 saturated heterocycles. The number of hydrogen-bond acceptors (Lipinski definition) is 6. The molecule has 2 unspecified atom stereocenters. The van der Waals surface area contributed by atoms with Gasteiger partial charge in [-0.1, -0.05) is 127 Å². The molecule has 0 spiro atoms. The first kappa shape index (κ1) is 46.8. The normalized spacial score (nSPS) is 13.0. The Morgan fingerprint density at radius 2 is 1.14 bits per heavy atom. The van der Waals surface area contributed by atoms with Crippen molar-refractivity contribution in [1.82, 2.24) is 10.6 Å².